The van der Waals surface area contributed by atoms with E-state index in [4.69, 9.17) is 17.3 Å². The topological polar surface area (TPSA) is 32.5 Å². The summed E-state index contributed by atoms with van der Waals surface area (Å²) in [6, 6.07) is 8.59. The van der Waals surface area contributed by atoms with Crippen molar-refractivity contribution in [2.24, 2.45) is 5.73 Å². The lowest BCUT2D eigenvalue weighted by molar-refractivity contribution is 0.106. The molecule has 0 radical (unpaired) electrons. The molecule has 2 N–H and O–H groups in total. The molecule has 20 heavy (non-hydrogen) atoms. The van der Waals surface area contributed by atoms with E-state index in [1.54, 1.807) is 0 Å². The zero-order valence-corrected chi connectivity index (χ0v) is 13.3. The van der Waals surface area contributed by atoms with Crippen LogP contribution in [0.1, 0.15) is 31.9 Å². The van der Waals surface area contributed by atoms with Crippen LogP contribution in [0.2, 0.25) is 5.02 Å². The van der Waals surface area contributed by atoms with Crippen LogP contribution in [-0.4, -0.2) is 48.6 Å². The molecule has 112 valence electrons. The van der Waals surface area contributed by atoms with Gasteiger partial charge in [-0.3, -0.25) is 4.90 Å². The Morgan fingerprint density at radius 1 is 1.15 bits per heavy atom. The van der Waals surface area contributed by atoms with Crippen molar-refractivity contribution in [3.8, 4) is 0 Å². The van der Waals surface area contributed by atoms with Gasteiger partial charge in [-0.2, -0.15) is 0 Å². The van der Waals surface area contributed by atoms with Crippen molar-refractivity contribution in [2.45, 2.75) is 32.4 Å². The number of halogens is 1. The smallest absolute Gasteiger partial charge is 0.0453 e. The maximum atomic E-state index is 6.27. The summed E-state index contributed by atoms with van der Waals surface area (Å²) >= 11 is 6.19. The molecule has 0 saturated carbocycles. The van der Waals surface area contributed by atoms with E-state index in [0.717, 1.165) is 36.6 Å². The van der Waals surface area contributed by atoms with Crippen molar-refractivity contribution in [3.05, 3.63) is 34.9 Å². The molecule has 1 fully saturated rings. The lowest BCUT2D eigenvalue weighted by Gasteiger charge is -2.37. The van der Waals surface area contributed by atoms with Gasteiger partial charge in [0.25, 0.3) is 0 Å². The van der Waals surface area contributed by atoms with Crippen molar-refractivity contribution < 1.29 is 0 Å². The molecule has 1 aliphatic heterocycles. The van der Waals surface area contributed by atoms with E-state index < -0.39 is 0 Å². The van der Waals surface area contributed by atoms with Crippen LogP contribution in [0.15, 0.2) is 24.3 Å². The molecule has 1 saturated heterocycles. The first-order valence-corrected chi connectivity index (χ1v) is 7.92. The average molecular weight is 296 g/mol. The largest absolute Gasteiger partial charge is 0.324 e. The number of nitrogens with zero attached hydrogens (tertiary/aromatic N) is 2. The minimum absolute atomic E-state index is 0.0341. The molecular formula is C16H26ClN3. The van der Waals surface area contributed by atoms with Crippen LogP contribution in [0, 0.1) is 0 Å². The summed E-state index contributed by atoms with van der Waals surface area (Å²) in [5, 5.41) is 0.782. The third-order valence-corrected chi connectivity index (χ3v) is 4.54. The highest BCUT2D eigenvalue weighted by Crippen LogP contribution is 2.23. The van der Waals surface area contributed by atoms with Gasteiger partial charge in [0.05, 0.1) is 0 Å². The number of piperazine rings is 1. The van der Waals surface area contributed by atoms with Crippen molar-refractivity contribution >= 4 is 11.6 Å². The van der Waals surface area contributed by atoms with Crippen molar-refractivity contribution in [1.29, 1.82) is 0 Å². The average Bonchev–Trinajstić information content (AvgIpc) is 2.45. The van der Waals surface area contributed by atoms with Gasteiger partial charge < -0.3 is 10.6 Å². The number of hydrogen-bond acceptors (Lipinski definition) is 3. The Morgan fingerprint density at radius 2 is 1.80 bits per heavy atom. The van der Waals surface area contributed by atoms with Gasteiger partial charge in [0.2, 0.25) is 0 Å². The SMILES string of the molecule is CC(C)N1CCN(CCC(N)c2ccccc2Cl)CC1. The quantitative estimate of drug-likeness (QED) is 0.906. The van der Waals surface area contributed by atoms with Gasteiger partial charge in [0, 0.05) is 49.8 Å². The van der Waals surface area contributed by atoms with Crippen LogP contribution in [0.5, 0.6) is 0 Å². The predicted octanol–water partition coefficient (Wildman–Crippen LogP) is 2.76. The summed E-state index contributed by atoms with van der Waals surface area (Å²) in [7, 11) is 0. The Morgan fingerprint density at radius 3 is 2.40 bits per heavy atom. The molecule has 1 unspecified atom stereocenters. The Labute approximate surface area is 127 Å². The van der Waals surface area contributed by atoms with E-state index in [-0.39, 0.29) is 6.04 Å². The molecule has 0 amide bonds. The van der Waals surface area contributed by atoms with Crippen molar-refractivity contribution in [3.63, 3.8) is 0 Å². The highest BCUT2D eigenvalue weighted by molar-refractivity contribution is 6.31. The summed E-state index contributed by atoms with van der Waals surface area (Å²) in [5.74, 6) is 0. The standard InChI is InChI=1S/C16H26ClN3/c1-13(2)20-11-9-19(10-12-20)8-7-16(18)14-5-3-4-6-15(14)17/h3-6,13,16H,7-12,18H2,1-2H3. The Bertz CT molecular complexity index is 414. The van der Waals surface area contributed by atoms with Crippen LogP contribution in [0.3, 0.4) is 0 Å². The van der Waals surface area contributed by atoms with Gasteiger partial charge in [0.1, 0.15) is 0 Å². The fraction of sp³-hybridized carbons (Fsp3) is 0.625. The van der Waals surface area contributed by atoms with E-state index in [1.807, 2.05) is 24.3 Å². The van der Waals surface area contributed by atoms with Gasteiger partial charge in [-0.1, -0.05) is 29.8 Å². The monoisotopic (exact) mass is 295 g/mol. The number of nitrogens with two attached hydrogens (primary N) is 1. The summed E-state index contributed by atoms with van der Waals surface area (Å²) in [4.78, 5) is 5.04. The second-order valence-electron chi connectivity index (χ2n) is 5.89. The van der Waals surface area contributed by atoms with Crippen LogP contribution in [-0.2, 0) is 0 Å². The van der Waals surface area contributed by atoms with Crippen molar-refractivity contribution in [2.75, 3.05) is 32.7 Å². The highest BCUT2D eigenvalue weighted by atomic mass is 35.5. The fourth-order valence-electron chi connectivity index (χ4n) is 2.76. The maximum Gasteiger partial charge on any atom is 0.0453 e. The van der Waals surface area contributed by atoms with Crippen LogP contribution in [0.25, 0.3) is 0 Å². The lowest BCUT2D eigenvalue weighted by Crippen LogP contribution is -2.49. The zero-order chi connectivity index (χ0) is 14.5. The fourth-order valence-corrected chi connectivity index (χ4v) is 3.03. The summed E-state index contributed by atoms with van der Waals surface area (Å²) in [6.07, 6.45) is 0.964. The second-order valence-corrected chi connectivity index (χ2v) is 6.30. The first kappa shape index (κ1) is 15.8. The number of benzene rings is 1. The van der Waals surface area contributed by atoms with Gasteiger partial charge in [-0.15, -0.1) is 0 Å². The van der Waals surface area contributed by atoms with Crippen LogP contribution >= 0.6 is 11.6 Å². The normalized spacial score (nSPS) is 19.4. The molecular weight excluding hydrogens is 270 g/mol. The summed E-state index contributed by atoms with van der Waals surface area (Å²) in [6.45, 7) is 10.2. The third kappa shape index (κ3) is 4.19. The highest BCUT2D eigenvalue weighted by Gasteiger charge is 2.19. The molecule has 0 spiro atoms. The lowest BCUT2D eigenvalue weighted by atomic mass is 10.0. The van der Waals surface area contributed by atoms with E-state index in [9.17, 15) is 0 Å². The molecule has 1 atom stereocenters. The van der Waals surface area contributed by atoms with E-state index >= 15 is 0 Å². The van der Waals surface area contributed by atoms with Gasteiger partial charge >= 0.3 is 0 Å². The minimum atomic E-state index is 0.0341. The zero-order valence-electron chi connectivity index (χ0n) is 12.6. The van der Waals surface area contributed by atoms with E-state index in [1.165, 1.54) is 13.1 Å². The molecule has 0 bridgehead atoms. The van der Waals surface area contributed by atoms with Gasteiger partial charge in [0.15, 0.2) is 0 Å². The first-order valence-electron chi connectivity index (χ1n) is 7.54. The van der Waals surface area contributed by atoms with Crippen LogP contribution < -0.4 is 5.73 Å². The molecule has 3 nitrogen and oxygen atoms in total. The van der Waals surface area contributed by atoms with Gasteiger partial charge in [-0.25, -0.2) is 0 Å². The molecule has 0 aromatic heterocycles. The summed E-state index contributed by atoms with van der Waals surface area (Å²) in [5.41, 5.74) is 7.33. The van der Waals surface area contributed by atoms with E-state index in [2.05, 4.69) is 23.6 Å². The Balaban J connectivity index is 1.78. The molecule has 4 heteroatoms. The molecule has 0 aliphatic carbocycles. The molecule has 1 heterocycles. The predicted molar refractivity (Wildman–Crippen MR) is 86.1 cm³/mol. The number of rotatable bonds is 5. The molecule has 1 aliphatic rings. The molecule has 1 aromatic carbocycles. The minimum Gasteiger partial charge on any atom is -0.324 e. The number of hydrogen-bond donors (Lipinski definition) is 1. The maximum absolute atomic E-state index is 6.27. The van der Waals surface area contributed by atoms with Crippen LogP contribution in [0.4, 0.5) is 0 Å². The van der Waals surface area contributed by atoms with E-state index in [0.29, 0.717) is 6.04 Å². The second kappa shape index (κ2) is 7.41. The first-order chi connectivity index (χ1) is 9.58. The Kier molecular flexibility index (Phi) is 5.85. The summed E-state index contributed by atoms with van der Waals surface area (Å²) < 4.78 is 0. The Hall–Kier alpha value is -0.610. The molecule has 1 aromatic rings. The van der Waals surface area contributed by atoms with Gasteiger partial charge in [-0.05, 0) is 31.9 Å². The molecule has 2 rings (SSSR count). The van der Waals surface area contributed by atoms with Crippen molar-refractivity contribution in [1.82, 2.24) is 9.80 Å². The third-order valence-electron chi connectivity index (χ3n) is 4.20.